The van der Waals surface area contributed by atoms with Crippen molar-refractivity contribution >= 4 is 0 Å². The number of benzene rings is 1. The third-order valence-electron chi connectivity index (χ3n) is 3.83. The van der Waals surface area contributed by atoms with Crippen molar-refractivity contribution in [2.45, 2.75) is 38.6 Å². The predicted molar refractivity (Wildman–Crippen MR) is 78.7 cm³/mol. The molecule has 0 bridgehead atoms. The van der Waals surface area contributed by atoms with Gasteiger partial charge >= 0.3 is 0 Å². The largest absolute Gasteiger partial charge is 0.454 e. The van der Waals surface area contributed by atoms with Crippen LogP contribution in [-0.4, -0.2) is 38.7 Å². The van der Waals surface area contributed by atoms with Crippen molar-refractivity contribution in [3.05, 3.63) is 23.8 Å². The Morgan fingerprint density at radius 2 is 2.05 bits per heavy atom. The Kier molecular flexibility index (Phi) is 4.95. The van der Waals surface area contributed by atoms with Gasteiger partial charge in [-0.3, -0.25) is 0 Å². The molecule has 2 atom stereocenters. The lowest BCUT2D eigenvalue weighted by Crippen LogP contribution is -2.27. The molecule has 1 fully saturated rings. The van der Waals surface area contributed by atoms with Gasteiger partial charge in [0.05, 0.1) is 25.4 Å². The molecule has 3 rings (SSSR count). The summed E-state index contributed by atoms with van der Waals surface area (Å²) in [4.78, 5) is 0. The second kappa shape index (κ2) is 7.11. The van der Waals surface area contributed by atoms with Crippen molar-refractivity contribution in [2.24, 2.45) is 0 Å². The van der Waals surface area contributed by atoms with E-state index in [1.54, 1.807) is 0 Å². The molecule has 2 unspecified atom stereocenters. The first-order valence-electron chi connectivity index (χ1n) is 7.67. The predicted octanol–water partition coefficient (Wildman–Crippen LogP) is 2.09. The minimum Gasteiger partial charge on any atom is -0.454 e. The lowest BCUT2D eigenvalue weighted by molar-refractivity contribution is -0.0189. The van der Waals surface area contributed by atoms with E-state index in [-0.39, 0.29) is 6.10 Å². The Balaban J connectivity index is 1.38. The molecule has 2 aliphatic heterocycles. The molecular formula is C16H23NO4. The maximum absolute atomic E-state index is 5.94. The van der Waals surface area contributed by atoms with Crippen molar-refractivity contribution in [3.8, 4) is 11.5 Å². The van der Waals surface area contributed by atoms with Gasteiger partial charge in [0, 0.05) is 6.54 Å². The Bertz CT molecular complexity index is 466. The fourth-order valence-electron chi connectivity index (χ4n) is 2.70. The Labute approximate surface area is 125 Å². The molecule has 1 N–H and O–H groups in total. The molecule has 0 spiro atoms. The van der Waals surface area contributed by atoms with Crippen molar-refractivity contribution in [2.75, 3.05) is 26.5 Å². The van der Waals surface area contributed by atoms with E-state index in [4.69, 9.17) is 18.9 Å². The first-order chi connectivity index (χ1) is 10.3. The molecule has 1 aromatic carbocycles. The summed E-state index contributed by atoms with van der Waals surface area (Å²) in [5.41, 5.74) is 1.10. The third kappa shape index (κ3) is 3.87. The van der Waals surface area contributed by atoms with E-state index in [1.165, 1.54) is 0 Å². The molecule has 0 aliphatic carbocycles. The zero-order valence-corrected chi connectivity index (χ0v) is 12.5. The topological polar surface area (TPSA) is 49.0 Å². The summed E-state index contributed by atoms with van der Waals surface area (Å²) < 4.78 is 22.4. The summed E-state index contributed by atoms with van der Waals surface area (Å²) in [7, 11) is 0. The molecular weight excluding hydrogens is 270 g/mol. The van der Waals surface area contributed by atoms with Crippen LogP contribution in [0.15, 0.2) is 18.2 Å². The number of likely N-dealkylation sites (N-methyl/N-ethyl adjacent to an activating group) is 1. The van der Waals surface area contributed by atoms with E-state index in [0.29, 0.717) is 26.1 Å². The van der Waals surface area contributed by atoms with E-state index in [9.17, 15) is 0 Å². The van der Waals surface area contributed by atoms with Crippen LogP contribution in [0.2, 0.25) is 0 Å². The lowest BCUT2D eigenvalue weighted by atomic mass is 10.2. The fraction of sp³-hybridized carbons (Fsp3) is 0.625. The number of hydrogen-bond donors (Lipinski definition) is 1. The lowest BCUT2D eigenvalue weighted by Gasteiger charge is -2.14. The highest BCUT2D eigenvalue weighted by molar-refractivity contribution is 5.44. The maximum Gasteiger partial charge on any atom is 0.231 e. The Hall–Kier alpha value is -1.30. The smallest absolute Gasteiger partial charge is 0.231 e. The van der Waals surface area contributed by atoms with Gasteiger partial charge in [-0.25, -0.2) is 0 Å². The molecule has 5 heteroatoms. The van der Waals surface area contributed by atoms with Gasteiger partial charge in [-0.05, 0) is 37.1 Å². The Morgan fingerprint density at radius 3 is 2.95 bits per heavy atom. The molecule has 21 heavy (non-hydrogen) atoms. The molecule has 0 amide bonds. The summed E-state index contributed by atoms with van der Waals surface area (Å²) in [6.45, 7) is 5.58. The van der Waals surface area contributed by atoms with Gasteiger partial charge in [-0.1, -0.05) is 13.0 Å². The van der Waals surface area contributed by atoms with Gasteiger partial charge in [0.15, 0.2) is 11.5 Å². The summed E-state index contributed by atoms with van der Waals surface area (Å²) in [6, 6.07) is 5.92. The highest BCUT2D eigenvalue weighted by atomic mass is 16.7. The summed E-state index contributed by atoms with van der Waals surface area (Å²) in [6.07, 6.45) is 2.76. The Morgan fingerprint density at radius 1 is 1.19 bits per heavy atom. The average molecular weight is 293 g/mol. The number of fused-ring (bicyclic) bond motifs is 1. The monoisotopic (exact) mass is 293 g/mol. The molecule has 0 aromatic heterocycles. The van der Waals surface area contributed by atoms with Crippen LogP contribution >= 0.6 is 0 Å². The van der Waals surface area contributed by atoms with Crippen LogP contribution in [0.25, 0.3) is 0 Å². The van der Waals surface area contributed by atoms with Crippen LogP contribution in [0.1, 0.15) is 25.3 Å². The molecule has 5 nitrogen and oxygen atoms in total. The normalized spacial score (nSPS) is 23.7. The molecule has 0 saturated carbocycles. The number of rotatable bonds is 7. The van der Waals surface area contributed by atoms with Crippen molar-refractivity contribution < 1.29 is 18.9 Å². The summed E-state index contributed by atoms with van der Waals surface area (Å²) in [5, 5.41) is 3.32. The van der Waals surface area contributed by atoms with Crippen molar-refractivity contribution in [1.29, 1.82) is 0 Å². The van der Waals surface area contributed by atoms with Crippen LogP contribution < -0.4 is 14.8 Å². The van der Waals surface area contributed by atoms with E-state index in [1.807, 2.05) is 18.2 Å². The molecule has 116 valence electrons. The average Bonchev–Trinajstić information content (AvgIpc) is 3.13. The first-order valence-corrected chi connectivity index (χ1v) is 7.67. The van der Waals surface area contributed by atoms with Gasteiger partial charge in [-0.15, -0.1) is 0 Å². The number of nitrogens with one attached hydrogen (secondary N) is 1. The summed E-state index contributed by atoms with van der Waals surface area (Å²) in [5.74, 6) is 1.61. The third-order valence-corrected chi connectivity index (χ3v) is 3.83. The van der Waals surface area contributed by atoms with Gasteiger partial charge in [-0.2, -0.15) is 0 Å². The van der Waals surface area contributed by atoms with Crippen LogP contribution in [0.5, 0.6) is 11.5 Å². The van der Waals surface area contributed by atoms with Gasteiger partial charge in [0.1, 0.15) is 0 Å². The van der Waals surface area contributed by atoms with Crippen LogP contribution in [0.4, 0.5) is 0 Å². The molecule has 2 heterocycles. The number of hydrogen-bond acceptors (Lipinski definition) is 5. The second-order valence-corrected chi connectivity index (χ2v) is 5.47. The highest BCUT2D eigenvalue weighted by Crippen LogP contribution is 2.32. The molecule has 1 aromatic rings. The van der Waals surface area contributed by atoms with E-state index in [2.05, 4.69) is 12.2 Å². The minimum absolute atomic E-state index is 0.225. The standard InChI is InChI=1S/C16H23NO4/c1-2-17-8-13-4-5-14(21-13)10-18-9-12-3-6-15-16(7-12)20-11-19-15/h3,6-7,13-14,17H,2,4-5,8-11H2,1H3. The van der Waals surface area contributed by atoms with E-state index >= 15 is 0 Å². The van der Waals surface area contributed by atoms with Crippen LogP contribution in [0, 0.1) is 0 Å². The zero-order valence-electron chi connectivity index (χ0n) is 12.5. The fourth-order valence-corrected chi connectivity index (χ4v) is 2.70. The van der Waals surface area contributed by atoms with Gasteiger partial charge < -0.3 is 24.3 Å². The SMILES string of the molecule is CCNCC1CCC(COCc2ccc3c(c2)OCO3)O1. The van der Waals surface area contributed by atoms with Gasteiger partial charge in [0.25, 0.3) is 0 Å². The van der Waals surface area contributed by atoms with Crippen molar-refractivity contribution in [1.82, 2.24) is 5.32 Å². The zero-order chi connectivity index (χ0) is 14.5. The maximum atomic E-state index is 5.94. The molecule has 0 radical (unpaired) electrons. The van der Waals surface area contributed by atoms with Gasteiger partial charge in [0.2, 0.25) is 6.79 Å². The quantitative estimate of drug-likeness (QED) is 0.834. The van der Waals surface area contributed by atoms with E-state index < -0.39 is 0 Å². The first kappa shape index (κ1) is 14.6. The number of ether oxygens (including phenoxy) is 4. The van der Waals surface area contributed by atoms with E-state index in [0.717, 1.165) is 43.0 Å². The van der Waals surface area contributed by atoms with Crippen molar-refractivity contribution in [3.63, 3.8) is 0 Å². The summed E-state index contributed by atoms with van der Waals surface area (Å²) >= 11 is 0. The molecule has 2 aliphatic rings. The highest BCUT2D eigenvalue weighted by Gasteiger charge is 2.24. The van der Waals surface area contributed by atoms with Crippen LogP contribution in [0.3, 0.4) is 0 Å². The van der Waals surface area contributed by atoms with Crippen LogP contribution in [-0.2, 0) is 16.1 Å². The minimum atomic E-state index is 0.225. The second-order valence-electron chi connectivity index (χ2n) is 5.47. The molecule has 1 saturated heterocycles.